The lowest BCUT2D eigenvalue weighted by molar-refractivity contribution is 0.436. The van der Waals surface area contributed by atoms with Crippen molar-refractivity contribution in [3.05, 3.63) is 0 Å². The second-order valence-electron chi connectivity index (χ2n) is 4.97. The molecule has 0 aromatic rings. The van der Waals surface area contributed by atoms with Crippen LogP contribution in [0.2, 0.25) is 0 Å². The maximum Gasteiger partial charge on any atom is 0.00644 e. The first-order valence-electron chi connectivity index (χ1n) is 7.58. The van der Waals surface area contributed by atoms with Gasteiger partial charge in [-0.1, -0.05) is 65.7 Å². The van der Waals surface area contributed by atoms with Gasteiger partial charge in [0.15, 0.2) is 0 Å². The van der Waals surface area contributed by atoms with Crippen LogP contribution in [0.5, 0.6) is 0 Å². The average Bonchev–Trinajstić information content (AvgIpc) is 2.31. The van der Waals surface area contributed by atoms with Crippen molar-refractivity contribution in [1.82, 2.24) is 5.32 Å². The predicted octanol–water partition coefficient (Wildman–Crippen LogP) is 4.91. The van der Waals surface area contributed by atoms with Crippen LogP contribution < -0.4 is 5.32 Å². The molecule has 1 heteroatoms. The second-order valence-corrected chi connectivity index (χ2v) is 4.97. The van der Waals surface area contributed by atoms with Gasteiger partial charge in [0.25, 0.3) is 0 Å². The fourth-order valence-electron chi connectivity index (χ4n) is 2.13. The minimum absolute atomic E-state index is 0.776. The summed E-state index contributed by atoms with van der Waals surface area (Å²) < 4.78 is 0. The summed E-state index contributed by atoms with van der Waals surface area (Å²) in [5.41, 5.74) is 0. The number of rotatable bonds is 12. The molecule has 0 aromatic heterocycles. The highest BCUT2D eigenvalue weighted by molar-refractivity contribution is 4.64. The second kappa shape index (κ2) is 13.0. The van der Waals surface area contributed by atoms with Gasteiger partial charge >= 0.3 is 0 Å². The summed E-state index contributed by atoms with van der Waals surface area (Å²) in [6, 6.07) is 0.776. The maximum atomic E-state index is 3.70. The van der Waals surface area contributed by atoms with Gasteiger partial charge in [0, 0.05) is 6.04 Å². The van der Waals surface area contributed by atoms with Gasteiger partial charge in [0.05, 0.1) is 0 Å². The van der Waals surface area contributed by atoms with Crippen LogP contribution in [0, 0.1) is 0 Å². The molecule has 1 unspecified atom stereocenters. The van der Waals surface area contributed by atoms with Crippen LogP contribution in [0.4, 0.5) is 0 Å². The van der Waals surface area contributed by atoms with E-state index in [1.807, 2.05) is 0 Å². The first-order chi connectivity index (χ1) is 7.85. The van der Waals surface area contributed by atoms with Crippen molar-refractivity contribution in [2.24, 2.45) is 0 Å². The molecule has 0 aliphatic rings. The SMILES string of the molecule is CCCCCCCC(CC)NCCCCC. The van der Waals surface area contributed by atoms with Crippen LogP contribution >= 0.6 is 0 Å². The molecule has 0 bridgehead atoms. The van der Waals surface area contributed by atoms with E-state index in [1.54, 1.807) is 0 Å². The zero-order chi connectivity index (χ0) is 12.1. The lowest BCUT2D eigenvalue weighted by Gasteiger charge is -2.16. The third-order valence-corrected chi connectivity index (χ3v) is 3.36. The summed E-state index contributed by atoms with van der Waals surface area (Å²) >= 11 is 0. The van der Waals surface area contributed by atoms with E-state index in [-0.39, 0.29) is 0 Å². The highest BCUT2D eigenvalue weighted by Gasteiger charge is 2.04. The van der Waals surface area contributed by atoms with Crippen LogP contribution in [-0.2, 0) is 0 Å². The smallest absolute Gasteiger partial charge is 0.00644 e. The summed E-state index contributed by atoms with van der Waals surface area (Å²) in [6.45, 7) is 8.08. The molecule has 98 valence electrons. The van der Waals surface area contributed by atoms with Crippen molar-refractivity contribution in [3.8, 4) is 0 Å². The predicted molar refractivity (Wildman–Crippen MR) is 75.0 cm³/mol. The van der Waals surface area contributed by atoms with E-state index in [4.69, 9.17) is 0 Å². The van der Waals surface area contributed by atoms with Crippen LogP contribution in [0.25, 0.3) is 0 Å². The summed E-state index contributed by atoms with van der Waals surface area (Å²) in [7, 11) is 0. The van der Waals surface area contributed by atoms with Gasteiger partial charge in [-0.2, -0.15) is 0 Å². The fraction of sp³-hybridized carbons (Fsp3) is 1.00. The minimum atomic E-state index is 0.776. The molecule has 0 fully saturated rings. The molecule has 0 rings (SSSR count). The molecule has 0 amide bonds. The molecule has 0 aliphatic carbocycles. The topological polar surface area (TPSA) is 12.0 Å². The Labute approximate surface area is 103 Å². The minimum Gasteiger partial charge on any atom is -0.314 e. The van der Waals surface area contributed by atoms with Crippen molar-refractivity contribution in [1.29, 1.82) is 0 Å². The zero-order valence-corrected chi connectivity index (χ0v) is 11.9. The van der Waals surface area contributed by atoms with Gasteiger partial charge < -0.3 is 5.32 Å². The largest absolute Gasteiger partial charge is 0.314 e. The zero-order valence-electron chi connectivity index (χ0n) is 11.9. The van der Waals surface area contributed by atoms with Gasteiger partial charge in [-0.05, 0) is 25.8 Å². The Kier molecular flexibility index (Phi) is 13.0. The van der Waals surface area contributed by atoms with E-state index >= 15 is 0 Å². The van der Waals surface area contributed by atoms with Crippen LogP contribution in [0.15, 0.2) is 0 Å². The molecule has 1 nitrogen and oxygen atoms in total. The summed E-state index contributed by atoms with van der Waals surface area (Å²) in [4.78, 5) is 0. The monoisotopic (exact) mass is 227 g/mol. The Morgan fingerprint density at radius 1 is 0.750 bits per heavy atom. The van der Waals surface area contributed by atoms with Gasteiger partial charge in [0.1, 0.15) is 0 Å². The van der Waals surface area contributed by atoms with E-state index in [2.05, 4.69) is 26.1 Å². The molecule has 0 radical (unpaired) electrons. The lowest BCUT2D eigenvalue weighted by Crippen LogP contribution is -2.29. The molecule has 0 aliphatic heterocycles. The van der Waals surface area contributed by atoms with Crippen molar-refractivity contribution in [2.45, 2.75) is 91.0 Å². The molecule has 0 saturated heterocycles. The lowest BCUT2D eigenvalue weighted by atomic mass is 10.0. The van der Waals surface area contributed by atoms with Gasteiger partial charge in [0.2, 0.25) is 0 Å². The average molecular weight is 227 g/mol. The molecular formula is C15H33N. The first-order valence-corrected chi connectivity index (χ1v) is 7.58. The van der Waals surface area contributed by atoms with Crippen LogP contribution in [-0.4, -0.2) is 12.6 Å². The van der Waals surface area contributed by atoms with Crippen molar-refractivity contribution in [3.63, 3.8) is 0 Å². The van der Waals surface area contributed by atoms with Crippen LogP contribution in [0.1, 0.15) is 85.0 Å². The van der Waals surface area contributed by atoms with Gasteiger partial charge in [-0.25, -0.2) is 0 Å². The Morgan fingerprint density at radius 2 is 1.38 bits per heavy atom. The Bertz CT molecular complexity index is 123. The summed E-state index contributed by atoms with van der Waals surface area (Å²) in [5.74, 6) is 0. The number of unbranched alkanes of at least 4 members (excludes halogenated alkanes) is 6. The van der Waals surface area contributed by atoms with Gasteiger partial charge in [-0.15, -0.1) is 0 Å². The number of nitrogens with one attached hydrogen (secondary N) is 1. The first kappa shape index (κ1) is 16.0. The molecule has 0 heterocycles. The van der Waals surface area contributed by atoms with E-state index < -0.39 is 0 Å². The van der Waals surface area contributed by atoms with E-state index in [9.17, 15) is 0 Å². The fourth-order valence-corrected chi connectivity index (χ4v) is 2.13. The number of hydrogen-bond donors (Lipinski definition) is 1. The summed E-state index contributed by atoms with van der Waals surface area (Å²) in [6.07, 6.45) is 13.8. The Hall–Kier alpha value is -0.0400. The normalized spacial score (nSPS) is 12.9. The van der Waals surface area contributed by atoms with E-state index in [0.29, 0.717) is 0 Å². The summed E-state index contributed by atoms with van der Waals surface area (Å²) in [5, 5.41) is 3.70. The maximum absolute atomic E-state index is 3.70. The highest BCUT2D eigenvalue weighted by Crippen LogP contribution is 2.09. The molecule has 0 saturated carbocycles. The van der Waals surface area contributed by atoms with Crippen molar-refractivity contribution >= 4 is 0 Å². The van der Waals surface area contributed by atoms with Crippen molar-refractivity contribution in [2.75, 3.05) is 6.54 Å². The number of hydrogen-bond acceptors (Lipinski definition) is 1. The molecule has 1 N–H and O–H groups in total. The van der Waals surface area contributed by atoms with Gasteiger partial charge in [-0.3, -0.25) is 0 Å². The Morgan fingerprint density at radius 3 is 2.00 bits per heavy atom. The Balaban J connectivity index is 3.29. The molecule has 16 heavy (non-hydrogen) atoms. The molecule has 0 aromatic carbocycles. The van der Waals surface area contributed by atoms with E-state index in [1.165, 1.54) is 70.8 Å². The standard InChI is InChI=1S/C15H33N/c1-4-7-9-10-11-13-15(6-3)16-14-12-8-5-2/h15-16H,4-14H2,1-3H3. The van der Waals surface area contributed by atoms with Crippen LogP contribution in [0.3, 0.4) is 0 Å². The quantitative estimate of drug-likeness (QED) is 0.467. The molecular weight excluding hydrogens is 194 g/mol. The molecule has 0 spiro atoms. The van der Waals surface area contributed by atoms with E-state index in [0.717, 1.165) is 6.04 Å². The van der Waals surface area contributed by atoms with Crippen molar-refractivity contribution < 1.29 is 0 Å². The third-order valence-electron chi connectivity index (χ3n) is 3.36. The third kappa shape index (κ3) is 10.5. The molecule has 1 atom stereocenters. The highest BCUT2D eigenvalue weighted by atomic mass is 14.9.